The van der Waals surface area contributed by atoms with Gasteiger partial charge in [-0.05, 0) is 154 Å². The van der Waals surface area contributed by atoms with E-state index in [1.165, 1.54) is 308 Å². The van der Waals surface area contributed by atoms with Crippen LogP contribution in [0.3, 0.4) is 0 Å². The zero-order chi connectivity index (χ0) is 86.9. The Kier molecular flexibility index (Phi) is 112. The molecule has 0 aliphatic heterocycles. The lowest BCUT2D eigenvalue weighted by atomic mass is 10.4. The van der Waals surface area contributed by atoms with Crippen LogP contribution in [-0.2, 0) is 9.13 Å². The van der Waals surface area contributed by atoms with Gasteiger partial charge in [0, 0.05) is 43.6 Å². The molecule has 112 heavy (non-hydrogen) atoms. The van der Waals surface area contributed by atoms with Gasteiger partial charge in [-0.1, -0.05) is 320 Å². The van der Waals surface area contributed by atoms with Gasteiger partial charge in [-0.25, -0.2) is 0 Å². The zero-order valence-electron chi connectivity index (χ0n) is 81.8. The van der Waals surface area contributed by atoms with Crippen LogP contribution in [0.25, 0.3) is 0 Å². The van der Waals surface area contributed by atoms with Gasteiger partial charge < -0.3 is 38.5 Å². The van der Waals surface area contributed by atoms with Gasteiger partial charge in [0.25, 0.3) is 0 Å². The van der Waals surface area contributed by atoms with Crippen LogP contribution in [0.2, 0.25) is 0 Å². The Hall–Kier alpha value is 2.80. The summed E-state index contributed by atoms with van der Waals surface area (Å²) in [4.78, 5) is 51.3. The zero-order valence-corrected chi connectivity index (χ0v) is 88.9. The Bertz CT molecular complexity index is 1300. The van der Waals surface area contributed by atoms with Crippen LogP contribution >= 0.6 is 59.2 Å². The highest BCUT2D eigenvalue weighted by Gasteiger charge is 2.39. The van der Waals surface area contributed by atoms with E-state index in [1.807, 2.05) is 0 Å². The fraction of sp³-hybridized carbons (Fsp3) is 1.00. The molecule has 0 aromatic carbocycles. The topological polar surface area (TPSA) is 172 Å². The fourth-order valence-corrected chi connectivity index (χ4v) is 47.6. The van der Waals surface area contributed by atoms with Crippen molar-refractivity contribution in [3.05, 3.63) is 0 Å². The lowest BCUT2D eigenvalue weighted by Crippen LogP contribution is -2.24. The second kappa shape index (κ2) is 96.0. The van der Waals surface area contributed by atoms with Gasteiger partial charge in [0.2, 0.25) is 0 Å². The summed E-state index contributed by atoms with van der Waals surface area (Å²) < 4.78 is 17.1. The van der Waals surface area contributed by atoms with E-state index < -0.39 is 59.2 Å². The largest absolute Gasteiger partial charge is 0.822 e. The lowest BCUT2D eigenvalue weighted by Gasteiger charge is -2.36. The van der Waals surface area contributed by atoms with Crippen molar-refractivity contribution in [3.63, 3.8) is 0 Å². The molecule has 0 spiro atoms. The molecule has 0 rings (SSSR count). The number of hydrogen-bond donors (Lipinski definition) is 0. The van der Waals surface area contributed by atoms with Crippen LogP contribution in [0.5, 0.6) is 0 Å². The molecule has 0 N–H and O–H groups in total. The molecule has 0 saturated carbocycles. The Morgan fingerprint density at radius 3 is 0.188 bits per heavy atom. The third-order valence-corrected chi connectivity index (χ3v) is 54.0. The van der Waals surface area contributed by atoms with Gasteiger partial charge in [0.15, 0.2) is 0 Å². The summed E-state index contributed by atoms with van der Waals surface area (Å²) in [6.07, 6.45) is 108. The van der Waals surface area contributed by atoms with Crippen LogP contribution < -0.4 is 29.4 Å². The summed E-state index contributed by atoms with van der Waals surface area (Å²) in [5.74, 6) is 0. The van der Waals surface area contributed by atoms with E-state index in [-0.39, 0.29) is 0 Å². The minimum Gasteiger partial charge on any atom is -0.822 e. The SMILES string of the molecule is CCCC[P+](CCCC)(CCCC)CCCC.CCCC[P+](CCCC)(CCCC)CCCC.CCCC[P+](CCCC)(CCCC)CCCC.CCCC[P+](CCCC)(CCCC)CCCC.CCCC[P+](CCCC)(CCCC)CCCC.CCCC[P+](CCCC)(CCCC)CCCC.O=P([O-])([O-])[O-].O=P([O-])([O-])[O-]. The van der Waals surface area contributed by atoms with Crippen LogP contribution in [0.15, 0.2) is 0 Å². The monoisotopic (exact) mass is 1750 g/mol. The predicted molar refractivity (Wildman–Crippen MR) is 531 cm³/mol. The van der Waals surface area contributed by atoms with Crippen LogP contribution in [0.4, 0.5) is 0 Å². The van der Waals surface area contributed by atoms with Crippen molar-refractivity contribution in [2.45, 2.75) is 474 Å². The van der Waals surface area contributed by atoms with Crippen LogP contribution in [-0.4, -0.2) is 148 Å². The van der Waals surface area contributed by atoms with Gasteiger partial charge >= 0.3 is 0 Å². The fourth-order valence-electron chi connectivity index (χ4n) is 15.9. The summed E-state index contributed by atoms with van der Waals surface area (Å²) >= 11 is 0. The molecule has 0 heterocycles. The molecule has 0 atom stereocenters. The van der Waals surface area contributed by atoms with E-state index in [2.05, 4.69) is 166 Å². The van der Waals surface area contributed by atoms with Crippen molar-refractivity contribution in [1.29, 1.82) is 0 Å². The minimum atomic E-state index is -5.39. The molecule has 0 amide bonds. The second-order valence-corrected chi connectivity index (χ2v) is 63.4. The maximum absolute atomic E-state index is 8.55. The highest BCUT2D eigenvalue weighted by Crippen LogP contribution is 2.66. The first-order chi connectivity index (χ1) is 53.5. The first kappa shape index (κ1) is 130. The lowest BCUT2D eigenvalue weighted by molar-refractivity contribution is -0.434. The number of hydrogen-bond acceptors (Lipinski definition) is 8. The molecule has 0 aromatic heterocycles. The molecule has 0 aliphatic rings. The van der Waals surface area contributed by atoms with Gasteiger partial charge in [-0.15, -0.1) is 0 Å². The number of phosphoric acid groups is 2. The highest BCUT2D eigenvalue weighted by molar-refractivity contribution is 7.77. The summed E-state index contributed by atoms with van der Waals surface area (Å²) in [7, 11) is -14.2. The van der Waals surface area contributed by atoms with Gasteiger partial charge in [-0.2, -0.15) is 15.6 Å². The van der Waals surface area contributed by atoms with E-state index >= 15 is 0 Å². The number of unbranched alkanes of at least 4 members (excludes halogenated alkanes) is 24. The smallest absolute Gasteiger partial charge is 0.0594 e. The van der Waals surface area contributed by atoms with Gasteiger partial charge in [0.1, 0.15) is 0 Å². The van der Waals surface area contributed by atoms with Gasteiger partial charge in [-0.3, -0.25) is 0 Å². The molecular weight excluding hydrogens is 1530 g/mol. The Labute approximate surface area is 715 Å². The molecule has 0 fully saturated rings. The molecule has 0 saturated heterocycles. The van der Waals surface area contributed by atoms with E-state index in [4.69, 9.17) is 38.5 Å². The maximum Gasteiger partial charge on any atom is 0.0594 e. The standard InChI is InChI=1S/6C16H36P.2H3O4P/c6*1-5-9-13-17(14-10-6-2,15-11-7-3)16-12-8-4;2*1-5(2,3)4/h6*5-16H2,1-4H3;2*(H3,1,2,3,4)/q6*+1;;/p-6. The molecule has 16 heteroatoms. The third kappa shape index (κ3) is 93.5. The summed E-state index contributed by atoms with van der Waals surface area (Å²) in [6.45, 7) is 56.5. The van der Waals surface area contributed by atoms with Crippen molar-refractivity contribution in [2.75, 3.05) is 148 Å². The van der Waals surface area contributed by atoms with Crippen LogP contribution in [0, 0.1) is 0 Å². The average Bonchev–Trinajstić information content (AvgIpc) is 0.918. The Balaban J connectivity index is -0.000000188. The quantitative estimate of drug-likeness (QED) is 0.0541. The molecule has 0 aliphatic carbocycles. The van der Waals surface area contributed by atoms with E-state index in [9.17, 15) is 0 Å². The second-order valence-electron chi connectivity index (χ2n) is 34.8. The Morgan fingerprint density at radius 2 is 0.161 bits per heavy atom. The van der Waals surface area contributed by atoms with Crippen LogP contribution in [0.1, 0.15) is 474 Å². The molecule has 8 nitrogen and oxygen atoms in total. The first-order valence-corrected chi connectivity index (χ1v) is 68.1. The molecule has 688 valence electrons. The van der Waals surface area contributed by atoms with Crippen molar-refractivity contribution in [2.24, 2.45) is 0 Å². The summed E-state index contributed by atoms with van der Waals surface area (Å²) in [6, 6.07) is 0. The predicted octanol–water partition coefficient (Wildman–Crippen LogP) is 31.6. The molecule has 0 radical (unpaired) electrons. The highest BCUT2D eigenvalue weighted by atomic mass is 31.2. The average molecular weight is 1750 g/mol. The van der Waals surface area contributed by atoms with Crippen molar-refractivity contribution in [1.82, 2.24) is 0 Å². The summed E-state index contributed by atoms with van der Waals surface area (Å²) in [5, 5.41) is 0. The molecular formula is C96H216O8P8. The minimum absolute atomic E-state index is 0.562. The van der Waals surface area contributed by atoms with Crippen molar-refractivity contribution in [3.8, 4) is 0 Å². The van der Waals surface area contributed by atoms with Crippen molar-refractivity contribution < 1.29 is 38.5 Å². The van der Waals surface area contributed by atoms with Gasteiger partial charge in [0.05, 0.1) is 148 Å². The van der Waals surface area contributed by atoms with E-state index in [1.54, 1.807) is 148 Å². The molecule has 0 bridgehead atoms. The molecule has 0 unspecified atom stereocenters. The number of rotatable bonds is 72. The maximum atomic E-state index is 8.55. The molecule has 0 aromatic rings. The Morgan fingerprint density at radius 1 is 0.125 bits per heavy atom. The van der Waals surface area contributed by atoms with Crippen molar-refractivity contribution >= 4 is 59.2 Å². The van der Waals surface area contributed by atoms with E-state index in [0.717, 1.165) is 0 Å². The first-order valence-electron chi connectivity index (χ1n) is 50.0. The normalized spacial score (nSPS) is 12.0. The third-order valence-electron chi connectivity index (χ3n) is 23.7. The van der Waals surface area contributed by atoms with E-state index in [0.29, 0.717) is 0 Å². The summed E-state index contributed by atoms with van der Waals surface area (Å²) in [5.41, 5.74) is 0.